The van der Waals surface area contributed by atoms with Gasteiger partial charge in [0.2, 0.25) is 0 Å². The van der Waals surface area contributed by atoms with Crippen LogP contribution in [0.5, 0.6) is 0 Å². The lowest BCUT2D eigenvalue weighted by Gasteiger charge is -2.08. The minimum Gasteiger partial charge on any atom is -0.478 e. The molecule has 0 saturated heterocycles. The van der Waals surface area contributed by atoms with Gasteiger partial charge in [0.1, 0.15) is 17.3 Å². The van der Waals surface area contributed by atoms with Crippen LogP contribution in [0.1, 0.15) is 21.1 Å². The highest BCUT2D eigenvalue weighted by Crippen LogP contribution is 2.21. The summed E-state index contributed by atoms with van der Waals surface area (Å²) in [6, 6.07) is 1.58. The van der Waals surface area contributed by atoms with Crippen LogP contribution in [0.3, 0.4) is 0 Å². The number of hydrogen-bond acceptors (Lipinski definition) is 4. The van der Waals surface area contributed by atoms with Gasteiger partial charge < -0.3 is 10.4 Å². The van der Waals surface area contributed by atoms with Crippen LogP contribution in [0.15, 0.2) is 17.5 Å². The molecule has 0 aliphatic heterocycles. The van der Waals surface area contributed by atoms with E-state index in [4.69, 9.17) is 5.11 Å². The van der Waals surface area contributed by atoms with Crippen LogP contribution in [-0.2, 0) is 6.42 Å². The molecule has 0 atom stereocenters. The van der Waals surface area contributed by atoms with E-state index in [9.17, 15) is 13.6 Å². The van der Waals surface area contributed by atoms with Crippen molar-refractivity contribution in [1.82, 2.24) is 4.98 Å². The highest BCUT2D eigenvalue weighted by Gasteiger charge is 2.14. The number of aryl methyl sites for hydroxylation is 1. The predicted molar refractivity (Wildman–Crippen MR) is 72.4 cm³/mol. The third-order valence-electron chi connectivity index (χ3n) is 2.64. The zero-order valence-corrected chi connectivity index (χ0v) is 11.4. The summed E-state index contributed by atoms with van der Waals surface area (Å²) >= 11 is 1.51. The molecule has 0 aliphatic carbocycles. The quantitative estimate of drug-likeness (QED) is 0.890. The largest absolute Gasteiger partial charge is 0.478 e. The first-order chi connectivity index (χ1) is 9.47. The molecule has 1 aromatic heterocycles. The highest BCUT2D eigenvalue weighted by molar-refractivity contribution is 7.09. The van der Waals surface area contributed by atoms with E-state index in [1.54, 1.807) is 0 Å². The van der Waals surface area contributed by atoms with Gasteiger partial charge in [-0.1, -0.05) is 0 Å². The Morgan fingerprint density at radius 3 is 2.55 bits per heavy atom. The molecule has 0 unspecified atom stereocenters. The molecule has 0 saturated carbocycles. The Balaban J connectivity index is 2.04. The second-order valence-corrected chi connectivity index (χ2v) is 5.22. The van der Waals surface area contributed by atoms with E-state index >= 15 is 0 Å². The average Bonchev–Trinajstić information content (AvgIpc) is 2.78. The van der Waals surface area contributed by atoms with Crippen molar-refractivity contribution in [2.24, 2.45) is 0 Å². The molecule has 4 nitrogen and oxygen atoms in total. The van der Waals surface area contributed by atoms with Gasteiger partial charge in [-0.05, 0) is 19.1 Å². The van der Waals surface area contributed by atoms with Gasteiger partial charge in [0.25, 0.3) is 0 Å². The SMILES string of the molecule is Cc1nc(CCNc2c(F)cc(C(=O)O)cc2F)cs1. The number of rotatable bonds is 5. The summed E-state index contributed by atoms with van der Waals surface area (Å²) in [6.45, 7) is 2.19. The van der Waals surface area contributed by atoms with E-state index in [1.165, 1.54) is 11.3 Å². The van der Waals surface area contributed by atoms with Crippen LogP contribution in [-0.4, -0.2) is 22.6 Å². The fraction of sp³-hybridized carbons (Fsp3) is 0.231. The van der Waals surface area contributed by atoms with Crippen LogP contribution in [0.25, 0.3) is 0 Å². The molecule has 0 fully saturated rings. The number of aromatic nitrogens is 1. The van der Waals surface area contributed by atoms with Crippen molar-refractivity contribution in [3.63, 3.8) is 0 Å². The van der Waals surface area contributed by atoms with Crippen LogP contribution in [0.4, 0.5) is 14.5 Å². The lowest BCUT2D eigenvalue weighted by Crippen LogP contribution is -2.10. The summed E-state index contributed by atoms with van der Waals surface area (Å²) in [7, 11) is 0. The molecule has 2 aromatic rings. The lowest BCUT2D eigenvalue weighted by atomic mass is 10.2. The molecule has 1 heterocycles. The summed E-state index contributed by atoms with van der Waals surface area (Å²) in [5.41, 5.74) is 0.116. The first kappa shape index (κ1) is 14.4. The minimum atomic E-state index is -1.37. The number of carboxylic acids is 1. The van der Waals surface area contributed by atoms with Gasteiger partial charge >= 0.3 is 5.97 Å². The molecule has 0 bridgehead atoms. The number of carbonyl (C=O) groups is 1. The van der Waals surface area contributed by atoms with Gasteiger partial charge in [-0.3, -0.25) is 0 Å². The van der Waals surface area contributed by atoms with Gasteiger partial charge in [0.15, 0.2) is 0 Å². The Labute approximate surface area is 118 Å². The number of aromatic carboxylic acids is 1. The first-order valence-corrected chi connectivity index (χ1v) is 6.72. The Bertz CT molecular complexity index is 620. The minimum absolute atomic E-state index is 0.309. The third kappa shape index (κ3) is 3.30. The second-order valence-electron chi connectivity index (χ2n) is 4.15. The molecule has 1 aromatic carbocycles. The summed E-state index contributed by atoms with van der Waals surface area (Å²) in [5.74, 6) is -3.21. The lowest BCUT2D eigenvalue weighted by molar-refractivity contribution is 0.0696. The predicted octanol–water partition coefficient (Wildman–Crippen LogP) is 3.08. The van der Waals surface area contributed by atoms with Gasteiger partial charge in [-0.2, -0.15) is 0 Å². The number of anilines is 1. The van der Waals surface area contributed by atoms with Crippen molar-refractivity contribution in [3.8, 4) is 0 Å². The molecule has 0 spiro atoms. The summed E-state index contributed by atoms with van der Waals surface area (Å²) in [4.78, 5) is 14.9. The van der Waals surface area contributed by atoms with Gasteiger partial charge in [0, 0.05) is 18.3 Å². The smallest absolute Gasteiger partial charge is 0.335 e. The van der Waals surface area contributed by atoms with Crippen LogP contribution >= 0.6 is 11.3 Å². The Hall–Kier alpha value is -2.02. The van der Waals surface area contributed by atoms with Crippen molar-refractivity contribution >= 4 is 23.0 Å². The number of carboxylic acid groups (broad SMARTS) is 1. The fourth-order valence-electron chi connectivity index (χ4n) is 1.70. The Morgan fingerprint density at radius 1 is 1.40 bits per heavy atom. The van der Waals surface area contributed by atoms with Gasteiger partial charge in [-0.25, -0.2) is 18.6 Å². The van der Waals surface area contributed by atoms with E-state index < -0.39 is 23.2 Å². The number of halogens is 2. The van der Waals surface area contributed by atoms with E-state index in [0.29, 0.717) is 13.0 Å². The number of hydrogen-bond donors (Lipinski definition) is 2. The highest BCUT2D eigenvalue weighted by atomic mass is 32.1. The van der Waals surface area contributed by atoms with Crippen molar-refractivity contribution in [1.29, 1.82) is 0 Å². The Morgan fingerprint density at radius 2 is 2.05 bits per heavy atom. The maximum atomic E-state index is 13.6. The molecular weight excluding hydrogens is 286 g/mol. The molecular formula is C13H12F2N2O2S. The van der Waals surface area contributed by atoms with Crippen LogP contribution in [0.2, 0.25) is 0 Å². The Kier molecular flexibility index (Phi) is 4.29. The molecule has 7 heteroatoms. The second kappa shape index (κ2) is 5.96. The van der Waals surface area contributed by atoms with E-state index in [1.807, 2.05) is 12.3 Å². The standard InChI is InChI=1S/C13H12F2N2O2S/c1-7-17-9(6-20-7)2-3-16-12-10(14)4-8(13(18)19)5-11(12)15/h4-6,16H,2-3H2,1H3,(H,18,19). The molecule has 2 N–H and O–H groups in total. The number of thiazole rings is 1. The van der Waals surface area contributed by atoms with Gasteiger partial charge in [0.05, 0.1) is 16.3 Å². The van der Waals surface area contributed by atoms with Crippen LogP contribution < -0.4 is 5.32 Å². The summed E-state index contributed by atoms with van der Waals surface area (Å²) in [6.07, 6.45) is 0.532. The first-order valence-electron chi connectivity index (χ1n) is 5.84. The molecule has 106 valence electrons. The molecule has 20 heavy (non-hydrogen) atoms. The van der Waals surface area contributed by atoms with E-state index in [-0.39, 0.29) is 5.69 Å². The molecule has 0 amide bonds. The molecule has 2 rings (SSSR count). The number of nitrogens with one attached hydrogen (secondary N) is 1. The average molecular weight is 298 g/mol. The van der Waals surface area contributed by atoms with E-state index in [2.05, 4.69) is 10.3 Å². The maximum Gasteiger partial charge on any atom is 0.335 e. The summed E-state index contributed by atoms with van der Waals surface area (Å²) in [5, 5.41) is 14.1. The zero-order chi connectivity index (χ0) is 14.7. The van der Waals surface area contributed by atoms with Crippen molar-refractivity contribution in [2.75, 3.05) is 11.9 Å². The normalized spacial score (nSPS) is 10.6. The van der Waals surface area contributed by atoms with Crippen molar-refractivity contribution < 1.29 is 18.7 Å². The third-order valence-corrected chi connectivity index (χ3v) is 3.46. The molecule has 0 aliphatic rings. The maximum absolute atomic E-state index is 13.6. The van der Waals surface area contributed by atoms with Crippen molar-refractivity contribution in [2.45, 2.75) is 13.3 Å². The van der Waals surface area contributed by atoms with Crippen LogP contribution in [0, 0.1) is 18.6 Å². The number of nitrogens with zero attached hydrogens (tertiary/aromatic N) is 1. The van der Waals surface area contributed by atoms with E-state index in [0.717, 1.165) is 22.8 Å². The monoisotopic (exact) mass is 298 g/mol. The molecule has 0 radical (unpaired) electrons. The fourth-order valence-corrected chi connectivity index (χ4v) is 2.35. The summed E-state index contributed by atoms with van der Waals surface area (Å²) < 4.78 is 27.2. The topological polar surface area (TPSA) is 62.2 Å². The van der Waals surface area contributed by atoms with Gasteiger partial charge in [-0.15, -0.1) is 11.3 Å². The zero-order valence-electron chi connectivity index (χ0n) is 10.6. The van der Waals surface area contributed by atoms with Crippen molar-refractivity contribution in [3.05, 3.63) is 45.4 Å². The number of benzene rings is 1.